The van der Waals surface area contributed by atoms with E-state index in [0.717, 1.165) is 34.9 Å². The lowest BCUT2D eigenvalue weighted by Crippen LogP contribution is -2.29. The van der Waals surface area contributed by atoms with Crippen molar-refractivity contribution in [3.8, 4) is 11.4 Å². The average molecular weight is 351 g/mol. The fourth-order valence-corrected chi connectivity index (χ4v) is 4.22. The van der Waals surface area contributed by atoms with Gasteiger partial charge in [0.2, 0.25) is 0 Å². The summed E-state index contributed by atoms with van der Waals surface area (Å²) < 4.78 is 19.5. The van der Waals surface area contributed by atoms with E-state index in [9.17, 15) is 4.55 Å². The summed E-state index contributed by atoms with van der Waals surface area (Å²) in [6, 6.07) is 4.00. The van der Waals surface area contributed by atoms with Gasteiger partial charge < -0.3 is 4.55 Å². The molecule has 2 aromatic rings. The molecule has 0 saturated heterocycles. The third-order valence-electron chi connectivity index (χ3n) is 3.84. The molecule has 2 heterocycles. The highest BCUT2D eigenvalue weighted by atomic mass is 32.2. The van der Waals surface area contributed by atoms with Gasteiger partial charge in [-0.15, -0.1) is 4.72 Å². The first-order valence-corrected chi connectivity index (χ1v) is 10.2. The van der Waals surface area contributed by atoms with E-state index in [2.05, 4.69) is 32.1 Å². The van der Waals surface area contributed by atoms with E-state index in [4.69, 9.17) is 0 Å². The first-order chi connectivity index (χ1) is 11.2. The monoisotopic (exact) mass is 350 g/mol. The fourth-order valence-electron chi connectivity index (χ4n) is 2.30. The standard InChI is InChI=1S/C16H22N4OS2/c1-3-4-9-23(21)20-11(2)16-18-15(19-22-16)13-7-8-17-14(10-13)12-5-6-12/h7-8,10-12,20H,3-6,9H2,1-2H3/t11-,23+/m0/s1. The summed E-state index contributed by atoms with van der Waals surface area (Å²) in [5, 5.41) is 0.870. The van der Waals surface area contributed by atoms with Crippen molar-refractivity contribution in [3.05, 3.63) is 29.0 Å². The molecule has 1 fully saturated rings. The smallest absolute Gasteiger partial charge is 0.173 e. The fraction of sp³-hybridized carbons (Fsp3) is 0.562. The molecule has 0 bridgehead atoms. The molecule has 3 rings (SSSR count). The molecule has 0 aromatic carbocycles. The average Bonchev–Trinajstić information content (AvgIpc) is 3.29. The second kappa shape index (κ2) is 7.70. The summed E-state index contributed by atoms with van der Waals surface area (Å²) >= 11 is 0.361. The molecule has 5 nitrogen and oxygen atoms in total. The summed E-state index contributed by atoms with van der Waals surface area (Å²) in [6.45, 7) is 4.08. The van der Waals surface area contributed by atoms with E-state index >= 15 is 0 Å². The predicted octanol–water partition coefficient (Wildman–Crippen LogP) is 3.59. The molecule has 1 aliphatic carbocycles. The highest BCUT2D eigenvalue weighted by molar-refractivity contribution is 7.89. The van der Waals surface area contributed by atoms with Crippen LogP contribution >= 0.6 is 11.5 Å². The summed E-state index contributed by atoms with van der Waals surface area (Å²) in [5.41, 5.74) is 2.16. The number of hydrogen-bond donors (Lipinski definition) is 1. The SMILES string of the molecule is CCCC[S@@+]([O-])N[C@@H](C)c1nc(-c2ccnc(C3CC3)c2)ns1. The second-order valence-corrected chi connectivity index (χ2v) is 8.06. The minimum atomic E-state index is -1.01. The van der Waals surface area contributed by atoms with Crippen molar-refractivity contribution in [2.45, 2.75) is 51.5 Å². The topological polar surface area (TPSA) is 73.8 Å². The van der Waals surface area contributed by atoms with Crippen LogP contribution in [0.25, 0.3) is 11.4 Å². The molecule has 124 valence electrons. The van der Waals surface area contributed by atoms with Gasteiger partial charge in [0.25, 0.3) is 0 Å². The van der Waals surface area contributed by atoms with E-state index in [1.54, 1.807) is 0 Å². The number of pyridine rings is 1. The van der Waals surface area contributed by atoms with Crippen LogP contribution in [-0.2, 0) is 11.4 Å². The van der Waals surface area contributed by atoms with Gasteiger partial charge in [-0.3, -0.25) is 4.98 Å². The van der Waals surface area contributed by atoms with E-state index in [1.807, 2.05) is 19.2 Å². The minimum Gasteiger partial charge on any atom is -0.598 e. The summed E-state index contributed by atoms with van der Waals surface area (Å²) in [7, 11) is 0. The Kier molecular flexibility index (Phi) is 5.63. The van der Waals surface area contributed by atoms with Crippen LogP contribution in [0.1, 0.15) is 62.2 Å². The Morgan fingerprint density at radius 1 is 1.48 bits per heavy atom. The van der Waals surface area contributed by atoms with Crippen LogP contribution in [0.4, 0.5) is 0 Å². The maximum absolute atomic E-state index is 11.9. The molecule has 1 N–H and O–H groups in total. The number of unbranched alkanes of at least 4 members (excludes halogenated alkanes) is 1. The zero-order valence-electron chi connectivity index (χ0n) is 13.5. The van der Waals surface area contributed by atoms with Crippen molar-refractivity contribution in [2.75, 3.05) is 5.75 Å². The van der Waals surface area contributed by atoms with Crippen LogP contribution in [0.5, 0.6) is 0 Å². The lowest BCUT2D eigenvalue weighted by molar-refractivity contribution is 0.562. The maximum Gasteiger partial charge on any atom is 0.173 e. The summed E-state index contributed by atoms with van der Waals surface area (Å²) in [6.07, 6.45) is 6.32. The largest absolute Gasteiger partial charge is 0.598 e. The Morgan fingerprint density at radius 2 is 2.30 bits per heavy atom. The van der Waals surface area contributed by atoms with Crippen molar-refractivity contribution < 1.29 is 4.55 Å². The zero-order chi connectivity index (χ0) is 16.2. The summed E-state index contributed by atoms with van der Waals surface area (Å²) in [5.74, 6) is 2.04. The van der Waals surface area contributed by atoms with Crippen LogP contribution in [0.2, 0.25) is 0 Å². The molecule has 7 heteroatoms. The lowest BCUT2D eigenvalue weighted by atomic mass is 10.2. The van der Waals surface area contributed by atoms with Gasteiger partial charge in [-0.2, -0.15) is 4.37 Å². The van der Waals surface area contributed by atoms with Crippen molar-refractivity contribution in [2.24, 2.45) is 0 Å². The molecule has 0 spiro atoms. The molecule has 0 aliphatic heterocycles. The number of hydrogen-bond acceptors (Lipinski definition) is 6. The first-order valence-electron chi connectivity index (χ1n) is 8.12. The minimum absolute atomic E-state index is 0.0521. The number of aromatic nitrogens is 3. The highest BCUT2D eigenvalue weighted by Gasteiger charge is 2.25. The molecular formula is C16H22N4OS2. The molecule has 0 unspecified atom stereocenters. The van der Waals surface area contributed by atoms with E-state index < -0.39 is 11.4 Å². The lowest BCUT2D eigenvalue weighted by Gasteiger charge is -2.14. The third kappa shape index (κ3) is 4.50. The maximum atomic E-state index is 11.9. The predicted molar refractivity (Wildman–Crippen MR) is 94.6 cm³/mol. The molecule has 2 atom stereocenters. The van der Waals surface area contributed by atoms with Crippen LogP contribution in [0.3, 0.4) is 0 Å². The Morgan fingerprint density at radius 3 is 3.04 bits per heavy atom. The van der Waals surface area contributed by atoms with Crippen molar-refractivity contribution in [3.63, 3.8) is 0 Å². The molecule has 0 amide bonds. The number of nitrogens with zero attached hydrogens (tertiary/aromatic N) is 3. The Labute approximate surface area is 144 Å². The highest BCUT2D eigenvalue weighted by Crippen LogP contribution is 2.39. The molecule has 1 aliphatic rings. The Hall–Kier alpha value is -1.02. The van der Waals surface area contributed by atoms with Crippen molar-refractivity contribution in [1.82, 2.24) is 19.1 Å². The Balaban J connectivity index is 1.66. The van der Waals surface area contributed by atoms with Crippen LogP contribution in [-0.4, -0.2) is 24.6 Å². The van der Waals surface area contributed by atoms with Gasteiger partial charge in [0.1, 0.15) is 16.8 Å². The van der Waals surface area contributed by atoms with E-state index in [0.29, 0.717) is 11.7 Å². The molecule has 23 heavy (non-hydrogen) atoms. The molecule has 1 saturated carbocycles. The van der Waals surface area contributed by atoms with Gasteiger partial charge in [0, 0.05) is 34.7 Å². The van der Waals surface area contributed by atoms with Crippen LogP contribution < -0.4 is 4.72 Å². The van der Waals surface area contributed by atoms with Gasteiger partial charge in [-0.05, 0) is 49.9 Å². The van der Waals surface area contributed by atoms with Crippen LogP contribution in [0.15, 0.2) is 18.3 Å². The van der Waals surface area contributed by atoms with Gasteiger partial charge in [0.15, 0.2) is 5.82 Å². The second-order valence-electron chi connectivity index (χ2n) is 5.94. The normalized spacial score (nSPS) is 17.2. The molecular weight excluding hydrogens is 328 g/mol. The number of rotatable bonds is 8. The quantitative estimate of drug-likeness (QED) is 0.737. The first kappa shape index (κ1) is 16.8. The van der Waals surface area contributed by atoms with Gasteiger partial charge in [-0.25, -0.2) is 4.98 Å². The van der Waals surface area contributed by atoms with Gasteiger partial charge in [0.05, 0.1) is 0 Å². The van der Waals surface area contributed by atoms with Crippen molar-refractivity contribution in [1.29, 1.82) is 0 Å². The summed E-state index contributed by atoms with van der Waals surface area (Å²) in [4.78, 5) is 9.05. The van der Waals surface area contributed by atoms with Gasteiger partial charge in [-0.1, -0.05) is 13.3 Å². The van der Waals surface area contributed by atoms with E-state index in [1.165, 1.54) is 24.4 Å². The van der Waals surface area contributed by atoms with Gasteiger partial charge >= 0.3 is 0 Å². The van der Waals surface area contributed by atoms with E-state index in [-0.39, 0.29) is 6.04 Å². The van der Waals surface area contributed by atoms with Crippen LogP contribution in [0, 0.1) is 0 Å². The van der Waals surface area contributed by atoms with Crippen molar-refractivity contribution >= 4 is 22.9 Å². The number of nitrogens with one attached hydrogen (secondary N) is 1. The molecule has 2 aromatic heterocycles. The zero-order valence-corrected chi connectivity index (χ0v) is 15.1. The Bertz CT molecular complexity index is 645. The molecule has 0 radical (unpaired) electrons. The third-order valence-corrected chi connectivity index (χ3v) is 6.01.